The molecule has 68 heavy (non-hydrogen) atoms. The molecule has 0 spiro atoms. The SMILES string of the molecule is CC/C=C\C/C=C\C/C=C\C/C=C\C/C=C\CCC(=O)OC(COC(=O)CCCCC/C=C\C=C/CCCCCCCCC)COC(=O)CCCCCCC/C=C\CCCCCCCCCCC. The van der Waals surface area contributed by atoms with E-state index in [4.69, 9.17) is 14.2 Å². The molecule has 0 amide bonds. The van der Waals surface area contributed by atoms with Crippen molar-refractivity contribution in [1.82, 2.24) is 0 Å². The fraction of sp³-hybridized carbons (Fsp3) is 0.694. The number of allylic oxidation sites excluding steroid dienone is 16. The summed E-state index contributed by atoms with van der Waals surface area (Å²) in [5, 5.41) is 0. The second kappa shape index (κ2) is 55.9. The second-order valence-corrected chi connectivity index (χ2v) is 18.5. The van der Waals surface area contributed by atoms with Gasteiger partial charge >= 0.3 is 17.9 Å². The molecule has 0 fully saturated rings. The fourth-order valence-corrected chi connectivity index (χ4v) is 7.59. The van der Waals surface area contributed by atoms with Crippen LogP contribution in [-0.4, -0.2) is 37.2 Å². The van der Waals surface area contributed by atoms with Gasteiger partial charge < -0.3 is 14.2 Å². The van der Waals surface area contributed by atoms with Crippen LogP contribution in [0.3, 0.4) is 0 Å². The molecule has 6 heteroatoms. The van der Waals surface area contributed by atoms with Crippen molar-refractivity contribution < 1.29 is 28.6 Å². The minimum absolute atomic E-state index is 0.120. The van der Waals surface area contributed by atoms with E-state index in [1.54, 1.807) is 0 Å². The molecule has 1 unspecified atom stereocenters. The maximum Gasteiger partial charge on any atom is 0.306 e. The number of hydrogen-bond acceptors (Lipinski definition) is 6. The van der Waals surface area contributed by atoms with Crippen LogP contribution in [0.4, 0.5) is 0 Å². The van der Waals surface area contributed by atoms with E-state index in [2.05, 4.69) is 106 Å². The van der Waals surface area contributed by atoms with Gasteiger partial charge in [0, 0.05) is 19.3 Å². The first-order valence-corrected chi connectivity index (χ1v) is 28.3. The first-order valence-electron chi connectivity index (χ1n) is 28.3. The lowest BCUT2D eigenvalue weighted by molar-refractivity contribution is -0.166. The quantitative estimate of drug-likeness (QED) is 0.0199. The maximum absolute atomic E-state index is 12.8. The first-order chi connectivity index (χ1) is 33.5. The first kappa shape index (κ1) is 64.3. The summed E-state index contributed by atoms with van der Waals surface area (Å²) in [5.74, 6) is -1.04. The van der Waals surface area contributed by atoms with E-state index in [0.717, 1.165) is 96.3 Å². The summed E-state index contributed by atoms with van der Waals surface area (Å²) in [6, 6.07) is 0. The number of esters is 3. The minimum atomic E-state index is -0.832. The van der Waals surface area contributed by atoms with Crippen LogP contribution in [0.15, 0.2) is 97.2 Å². The normalized spacial score (nSPS) is 12.8. The van der Waals surface area contributed by atoms with Gasteiger partial charge in [-0.3, -0.25) is 14.4 Å². The Morgan fingerprint density at radius 1 is 0.324 bits per heavy atom. The third kappa shape index (κ3) is 53.3. The van der Waals surface area contributed by atoms with Gasteiger partial charge in [-0.1, -0.05) is 234 Å². The lowest BCUT2D eigenvalue weighted by Gasteiger charge is -2.18. The minimum Gasteiger partial charge on any atom is -0.462 e. The van der Waals surface area contributed by atoms with Crippen molar-refractivity contribution >= 4 is 17.9 Å². The molecule has 0 aliphatic heterocycles. The summed E-state index contributed by atoms with van der Waals surface area (Å²) in [6.45, 7) is 6.43. The number of carbonyl (C=O) groups excluding carboxylic acids is 3. The third-order valence-electron chi connectivity index (χ3n) is 11.8. The summed E-state index contributed by atoms with van der Waals surface area (Å²) < 4.78 is 16.7. The van der Waals surface area contributed by atoms with E-state index >= 15 is 0 Å². The van der Waals surface area contributed by atoms with Gasteiger partial charge in [-0.25, -0.2) is 0 Å². The summed E-state index contributed by atoms with van der Waals surface area (Å²) in [6.07, 6.45) is 74.1. The zero-order valence-electron chi connectivity index (χ0n) is 44.3. The van der Waals surface area contributed by atoms with Crippen molar-refractivity contribution in [2.24, 2.45) is 0 Å². The molecule has 388 valence electrons. The summed E-state index contributed by atoms with van der Waals surface area (Å²) in [7, 11) is 0. The van der Waals surface area contributed by atoms with E-state index in [0.29, 0.717) is 19.3 Å². The number of hydrogen-bond donors (Lipinski definition) is 0. The highest BCUT2D eigenvalue weighted by molar-refractivity contribution is 5.71. The van der Waals surface area contributed by atoms with E-state index < -0.39 is 12.1 Å². The predicted octanol–water partition coefficient (Wildman–Crippen LogP) is 18.9. The molecular weight excluding hydrogens is 841 g/mol. The van der Waals surface area contributed by atoms with Gasteiger partial charge in [0.15, 0.2) is 6.10 Å². The number of ether oxygens (including phenoxy) is 3. The predicted molar refractivity (Wildman–Crippen MR) is 293 cm³/mol. The molecule has 0 heterocycles. The number of rotatable bonds is 50. The molecule has 0 N–H and O–H groups in total. The van der Waals surface area contributed by atoms with Crippen LogP contribution in [0.25, 0.3) is 0 Å². The largest absolute Gasteiger partial charge is 0.462 e. The highest BCUT2D eigenvalue weighted by atomic mass is 16.6. The monoisotopic (exact) mass is 945 g/mol. The highest BCUT2D eigenvalue weighted by Gasteiger charge is 2.19. The van der Waals surface area contributed by atoms with E-state index in [-0.39, 0.29) is 31.6 Å². The van der Waals surface area contributed by atoms with Gasteiger partial charge in [-0.05, 0) is 103 Å². The number of carbonyl (C=O) groups is 3. The van der Waals surface area contributed by atoms with E-state index in [1.807, 2.05) is 12.2 Å². The van der Waals surface area contributed by atoms with E-state index in [1.165, 1.54) is 116 Å². The highest BCUT2D eigenvalue weighted by Crippen LogP contribution is 2.14. The van der Waals surface area contributed by atoms with Crippen molar-refractivity contribution in [3.63, 3.8) is 0 Å². The summed E-state index contributed by atoms with van der Waals surface area (Å²) >= 11 is 0. The lowest BCUT2D eigenvalue weighted by atomic mass is 10.1. The average Bonchev–Trinajstić information content (AvgIpc) is 3.34. The Morgan fingerprint density at radius 3 is 1.06 bits per heavy atom. The molecule has 0 rings (SSSR count). The van der Waals surface area contributed by atoms with Gasteiger partial charge in [0.1, 0.15) is 13.2 Å². The third-order valence-corrected chi connectivity index (χ3v) is 11.8. The Kier molecular flexibility index (Phi) is 52.9. The Labute approximate surface area is 419 Å². The van der Waals surface area contributed by atoms with Gasteiger partial charge in [0.05, 0.1) is 0 Å². The zero-order chi connectivity index (χ0) is 49.3. The molecule has 1 atom stereocenters. The molecule has 0 saturated heterocycles. The molecule has 0 aromatic heterocycles. The van der Waals surface area contributed by atoms with Crippen LogP contribution in [-0.2, 0) is 28.6 Å². The number of unbranched alkanes of at least 4 members (excludes halogenated alkanes) is 24. The fourth-order valence-electron chi connectivity index (χ4n) is 7.59. The zero-order valence-corrected chi connectivity index (χ0v) is 44.3. The van der Waals surface area contributed by atoms with E-state index in [9.17, 15) is 14.4 Å². The molecule has 0 aromatic carbocycles. The molecule has 6 nitrogen and oxygen atoms in total. The topological polar surface area (TPSA) is 78.9 Å². The summed E-state index contributed by atoms with van der Waals surface area (Å²) in [5.41, 5.74) is 0. The Morgan fingerprint density at radius 2 is 0.647 bits per heavy atom. The second-order valence-electron chi connectivity index (χ2n) is 18.5. The molecule has 0 aromatic rings. The molecule has 0 aliphatic carbocycles. The molecule has 0 aliphatic rings. The van der Waals surface area contributed by atoms with Crippen molar-refractivity contribution in [1.29, 1.82) is 0 Å². The van der Waals surface area contributed by atoms with Crippen molar-refractivity contribution in [3.8, 4) is 0 Å². The van der Waals surface area contributed by atoms with Crippen LogP contribution < -0.4 is 0 Å². The molecular formula is C62H104O6. The molecule has 0 radical (unpaired) electrons. The average molecular weight is 946 g/mol. The van der Waals surface area contributed by atoms with Crippen molar-refractivity contribution in [3.05, 3.63) is 97.2 Å². The van der Waals surface area contributed by atoms with Gasteiger partial charge in [-0.2, -0.15) is 0 Å². The Bertz CT molecular complexity index is 1360. The van der Waals surface area contributed by atoms with Crippen molar-refractivity contribution in [2.45, 2.75) is 264 Å². The van der Waals surface area contributed by atoms with Gasteiger partial charge in [-0.15, -0.1) is 0 Å². The van der Waals surface area contributed by atoms with Gasteiger partial charge in [0.2, 0.25) is 0 Å². The van der Waals surface area contributed by atoms with Crippen LogP contribution in [0.5, 0.6) is 0 Å². The molecule has 0 saturated carbocycles. The summed E-state index contributed by atoms with van der Waals surface area (Å²) in [4.78, 5) is 38.1. The molecule has 0 bridgehead atoms. The Hall–Kier alpha value is -3.67. The van der Waals surface area contributed by atoms with Gasteiger partial charge in [0.25, 0.3) is 0 Å². The standard InChI is InChI=1S/C62H104O6/c1-4-7-10-13-16-19-22-25-28-31-32-35-37-40-43-46-49-52-55-61(64)67-58-59(68-62(65)56-53-50-47-44-41-38-34-30-27-24-21-18-15-12-9-6-3)57-66-60(63)54-51-48-45-42-39-36-33-29-26-23-20-17-14-11-8-5-2/h9,12,18,21,27,29-30,32-33,35-36,38-39,41,47,50,59H,4-8,10-11,13-17,19-20,22-26,28,31,34,37,40,42-46,48-49,51-58H2,1-3H3/b12-9-,21-18-,30-27-,33-29-,35-32-,39-36-,41-38-,50-47-. The maximum atomic E-state index is 12.8. The Balaban J connectivity index is 4.53. The lowest BCUT2D eigenvalue weighted by Crippen LogP contribution is -2.30. The van der Waals surface area contributed by atoms with Crippen LogP contribution in [0, 0.1) is 0 Å². The van der Waals surface area contributed by atoms with Crippen LogP contribution in [0.2, 0.25) is 0 Å². The van der Waals surface area contributed by atoms with Crippen LogP contribution in [0.1, 0.15) is 258 Å². The van der Waals surface area contributed by atoms with Crippen LogP contribution >= 0.6 is 0 Å². The van der Waals surface area contributed by atoms with Crippen molar-refractivity contribution in [2.75, 3.05) is 13.2 Å². The smallest absolute Gasteiger partial charge is 0.306 e.